The van der Waals surface area contributed by atoms with Crippen molar-refractivity contribution in [1.29, 1.82) is 0 Å². The van der Waals surface area contributed by atoms with Gasteiger partial charge in [0.25, 0.3) is 0 Å². The number of carbonyl (C=O) groups excluding carboxylic acids is 1. The van der Waals surface area contributed by atoms with Gasteiger partial charge in [0, 0.05) is 23.9 Å². The van der Waals surface area contributed by atoms with Crippen LogP contribution in [-0.2, 0) is 14.8 Å². The Morgan fingerprint density at radius 3 is 2.45 bits per heavy atom. The number of hydrogen-bond donors (Lipinski definition) is 2. The maximum Gasteiger partial charge on any atom is 0.212 e. The molecule has 0 aromatic carbocycles. The molecule has 0 aromatic heterocycles. The lowest BCUT2D eigenvalue weighted by Gasteiger charge is -2.37. The molecule has 3 N–H and O–H groups in total. The summed E-state index contributed by atoms with van der Waals surface area (Å²) >= 11 is 0. The standard InChI is InChI=1S/C16H28N2O3S/c1-15(2)11-7-8-16(15,14(19)9-11)10-22(20,21)18-13-6-4-3-5-12(13)17/h11-13,18H,3-10,17H2,1-2H3. The van der Waals surface area contributed by atoms with Crippen molar-refractivity contribution in [2.45, 2.75) is 70.9 Å². The fourth-order valence-electron chi connectivity index (χ4n) is 5.01. The van der Waals surface area contributed by atoms with Gasteiger partial charge in [0.15, 0.2) is 0 Å². The van der Waals surface area contributed by atoms with E-state index in [4.69, 9.17) is 5.73 Å². The Morgan fingerprint density at radius 1 is 1.23 bits per heavy atom. The van der Waals surface area contributed by atoms with E-state index in [0.717, 1.165) is 32.1 Å². The van der Waals surface area contributed by atoms with Crippen molar-refractivity contribution in [3.63, 3.8) is 0 Å². The average Bonchev–Trinajstić information content (AvgIpc) is 2.74. The minimum absolute atomic E-state index is 0.0639. The lowest BCUT2D eigenvalue weighted by molar-refractivity contribution is -0.128. The third-order valence-corrected chi connectivity index (χ3v) is 8.26. The molecule has 5 nitrogen and oxygen atoms in total. The van der Waals surface area contributed by atoms with Crippen molar-refractivity contribution in [1.82, 2.24) is 4.72 Å². The van der Waals surface area contributed by atoms with Crippen molar-refractivity contribution in [3.8, 4) is 0 Å². The molecule has 0 radical (unpaired) electrons. The number of sulfonamides is 1. The molecule has 6 heteroatoms. The number of hydrogen-bond acceptors (Lipinski definition) is 4. The van der Waals surface area contributed by atoms with Crippen LogP contribution in [0.1, 0.15) is 58.8 Å². The first-order valence-corrected chi connectivity index (χ1v) is 10.1. The summed E-state index contributed by atoms with van der Waals surface area (Å²) in [4.78, 5) is 12.5. The van der Waals surface area contributed by atoms with Gasteiger partial charge in [0.1, 0.15) is 5.78 Å². The first kappa shape index (κ1) is 16.4. The van der Waals surface area contributed by atoms with E-state index in [-0.39, 0.29) is 29.0 Å². The third-order valence-electron chi connectivity index (χ3n) is 6.73. The molecule has 4 atom stereocenters. The van der Waals surface area contributed by atoms with E-state index in [1.165, 1.54) is 0 Å². The average molecular weight is 328 g/mol. The summed E-state index contributed by atoms with van der Waals surface area (Å²) < 4.78 is 28.2. The summed E-state index contributed by atoms with van der Waals surface area (Å²) in [7, 11) is -3.50. The summed E-state index contributed by atoms with van der Waals surface area (Å²) in [5, 5.41) is 0. The quantitative estimate of drug-likeness (QED) is 0.820. The molecule has 3 fully saturated rings. The third kappa shape index (κ3) is 2.43. The van der Waals surface area contributed by atoms with Gasteiger partial charge in [-0.25, -0.2) is 13.1 Å². The predicted octanol–water partition coefficient (Wildman–Crippen LogP) is 1.57. The molecule has 0 saturated heterocycles. The van der Waals surface area contributed by atoms with Crippen LogP contribution in [0.3, 0.4) is 0 Å². The molecule has 3 saturated carbocycles. The van der Waals surface area contributed by atoms with E-state index in [1.807, 2.05) is 0 Å². The maximum atomic E-state index is 12.7. The Hall–Kier alpha value is -0.460. The van der Waals surface area contributed by atoms with Crippen LogP contribution in [0.15, 0.2) is 0 Å². The lowest BCUT2D eigenvalue weighted by Crippen LogP contribution is -2.53. The SMILES string of the molecule is CC1(C)C2CCC1(CS(=O)(=O)NC1CCCCC1N)C(=O)C2. The van der Waals surface area contributed by atoms with E-state index in [0.29, 0.717) is 18.8 Å². The van der Waals surface area contributed by atoms with Gasteiger partial charge >= 0.3 is 0 Å². The monoisotopic (exact) mass is 328 g/mol. The highest BCUT2D eigenvalue weighted by molar-refractivity contribution is 7.89. The summed E-state index contributed by atoms with van der Waals surface area (Å²) in [6.45, 7) is 4.13. The minimum Gasteiger partial charge on any atom is -0.326 e. The van der Waals surface area contributed by atoms with Crippen LogP contribution in [0.2, 0.25) is 0 Å². The molecule has 0 amide bonds. The second-order valence-corrected chi connectivity index (χ2v) is 9.85. The molecule has 126 valence electrons. The van der Waals surface area contributed by atoms with E-state index >= 15 is 0 Å². The molecule has 3 rings (SSSR count). The zero-order chi connectivity index (χ0) is 16.2. The lowest BCUT2D eigenvalue weighted by atomic mass is 9.70. The zero-order valence-electron chi connectivity index (χ0n) is 13.6. The first-order valence-electron chi connectivity index (χ1n) is 8.47. The fourth-order valence-corrected chi connectivity index (χ4v) is 7.17. The molecule has 3 aliphatic rings. The molecular formula is C16H28N2O3S. The van der Waals surface area contributed by atoms with Gasteiger partial charge in [-0.1, -0.05) is 26.7 Å². The van der Waals surface area contributed by atoms with Crippen LogP contribution in [0.25, 0.3) is 0 Å². The topological polar surface area (TPSA) is 89.3 Å². The first-order chi connectivity index (χ1) is 10.2. The highest BCUT2D eigenvalue weighted by atomic mass is 32.2. The van der Waals surface area contributed by atoms with Crippen molar-refractivity contribution >= 4 is 15.8 Å². The van der Waals surface area contributed by atoms with Gasteiger partial charge in [0.05, 0.1) is 5.75 Å². The van der Waals surface area contributed by atoms with Crippen LogP contribution in [0.4, 0.5) is 0 Å². The summed E-state index contributed by atoms with van der Waals surface area (Å²) in [6.07, 6.45) is 5.97. The molecule has 4 unspecified atom stereocenters. The van der Waals surface area contributed by atoms with Crippen molar-refractivity contribution < 1.29 is 13.2 Å². The molecular weight excluding hydrogens is 300 g/mol. The zero-order valence-corrected chi connectivity index (χ0v) is 14.4. The van der Waals surface area contributed by atoms with Crippen molar-refractivity contribution in [2.75, 3.05) is 5.75 Å². The van der Waals surface area contributed by atoms with Crippen LogP contribution in [0.5, 0.6) is 0 Å². The summed E-state index contributed by atoms with van der Waals surface area (Å²) in [6, 6.07) is -0.281. The Kier molecular flexibility index (Phi) is 3.94. The number of Topliss-reactive ketones (excluding diaryl/α,β-unsaturated/α-hetero) is 1. The minimum atomic E-state index is -3.50. The van der Waals surface area contributed by atoms with Gasteiger partial charge in [0.2, 0.25) is 10.0 Å². The summed E-state index contributed by atoms with van der Waals surface area (Å²) in [5.41, 5.74) is 5.15. The Balaban J connectivity index is 1.78. The number of nitrogens with one attached hydrogen (secondary N) is 1. The van der Waals surface area contributed by atoms with Gasteiger partial charge < -0.3 is 5.73 Å². The second-order valence-electron chi connectivity index (χ2n) is 8.10. The Bertz CT molecular complexity index is 572. The van der Waals surface area contributed by atoms with Crippen molar-refractivity contribution in [3.05, 3.63) is 0 Å². The Labute approximate surface area is 133 Å². The van der Waals surface area contributed by atoms with Gasteiger partial charge in [-0.05, 0) is 37.0 Å². The number of ketones is 1. The van der Waals surface area contributed by atoms with Crippen LogP contribution >= 0.6 is 0 Å². The molecule has 2 bridgehead atoms. The van der Waals surface area contributed by atoms with Crippen molar-refractivity contribution in [2.24, 2.45) is 22.5 Å². The largest absolute Gasteiger partial charge is 0.326 e. The van der Waals surface area contributed by atoms with E-state index in [2.05, 4.69) is 18.6 Å². The number of nitrogens with two attached hydrogens (primary N) is 1. The molecule has 0 aliphatic heterocycles. The molecule has 22 heavy (non-hydrogen) atoms. The Morgan fingerprint density at radius 2 is 1.91 bits per heavy atom. The second kappa shape index (κ2) is 5.28. The van der Waals surface area contributed by atoms with Crippen LogP contribution in [0, 0.1) is 16.7 Å². The number of carbonyl (C=O) groups is 1. The van der Waals surface area contributed by atoms with Crippen LogP contribution < -0.4 is 10.5 Å². The van der Waals surface area contributed by atoms with E-state index in [1.54, 1.807) is 0 Å². The highest BCUT2D eigenvalue weighted by Gasteiger charge is 2.65. The van der Waals surface area contributed by atoms with E-state index < -0.39 is 15.4 Å². The maximum absolute atomic E-state index is 12.7. The van der Waals surface area contributed by atoms with Crippen LogP contribution in [-0.4, -0.2) is 32.0 Å². The number of rotatable bonds is 4. The highest BCUT2D eigenvalue weighted by Crippen LogP contribution is 2.64. The number of fused-ring (bicyclic) bond motifs is 2. The molecule has 0 heterocycles. The van der Waals surface area contributed by atoms with Gasteiger partial charge in [-0.3, -0.25) is 4.79 Å². The predicted molar refractivity (Wildman–Crippen MR) is 85.7 cm³/mol. The van der Waals surface area contributed by atoms with Gasteiger partial charge in [-0.2, -0.15) is 0 Å². The fraction of sp³-hybridized carbons (Fsp3) is 0.938. The normalized spacial score (nSPS) is 41.0. The van der Waals surface area contributed by atoms with E-state index in [9.17, 15) is 13.2 Å². The smallest absolute Gasteiger partial charge is 0.212 e. The van der Waals surface area contributed by atoms with Gasteiger partial charge in [-0.15, -0.1) is 0 Å². The molecule has 0 spiro atoms. The summed E-state index contributed by atoms with van der Waals surface area (Å²) in [5.74, 6) is 0.421. The molecule has 3 aliphatic carbocycles. The molecule has 0 aromatic rings.